The van der Waals surface area contributed by atoms with Crippen molar-refractivity contribution < 1.29 is 36.0 Å². The van der Waals surface area contributed by atoms with E-state index in [1.165, 1.54) is 11.4 Å². The molecule has 0 saturated heterocycles. The summed E-state index contributed by atoms with van der Waals surface area (Å²) in [6, 6.07) is 3.43. The zero-order valence-electron chi connectivity index (χ0n) is 16.3. The molecule has 1 unspecified atom stereocenters. The van der Waals surface area contributed by atoms with E-state index in [1.807, 2.05) is 0 Å². The molecule has 0 saturated carbocycles. The van der Waals surface area contributed by atoms with E-state index in [2.05, 4.69) is 20.8 Å². The van der Waals surface area contributed by atoms with Crippen LogP contribution in [0.3, 0.4) is 0 Å². The summed E-state index contributed by atoms with van der Waals surface area (Å²) < 4.78 is 78.3. The number of thiazole rings is 1. The SMILES string of the molecule is O=C(NCCNCC(F)(F)F)c1csc(C2=NOC(c3cc(Cl)cc(Cl)c3)(C(F)(F)F)C2)n1. The van der Waals surface area contributed by atoms with Gasteiger partial charge in [0.25, 0.3) is 11.5 Å². The Morgan fingerprint density at radius 2 is 1.79 bits per heavy atom. The number of halogens is 8. The topological polar surface area (TPSA) is 75.6 Å². The van der Waals surface area contributed by atoms with E-state index in [4.69, 9.17) is 28.0 Å². The first kappa shape index (κ1) is 25.5. The van der Waals surface area contributed by atoms with E-state index in [0.29, 0.717) is 0 Å². The van der Waals surface area contributed by atoms with Gasteiger partial charge >= 0.3 is 12.4 Å². The summed E-state index contributed by atoms with van der Waals surface area (Å²) in [6.07, 6.45) is -9.99. The number of hydrogen-bond donors (Lipinski definition) is 2. The summed E-state index contributed by atoms with van der Waals surface area (Å²) in [5.41, 5.74) is -3.44. The number of nitrogens with one attached hydrogen (secondary N) is 2. The summed E-state index contributed by atoms with van der Waals surface area (Å²) in [5, 5.41) is 9.31. The summed E-state index contributed by atoms with van der Waals surface area (Å²) in [7, 11) is 0. The number of oxime groups is 1. The van der Waals surface area contributed by atoms with E-state index >= 15 is 0 Å². The van der Waals surface area contributed by atoms with Crippen molar-refractivity contribution in [2.24, 2.45) is 5.16 Å². The number of carbonyl (C=O) groups excluding carboxylic acids is 1. The molecule has 1 aliphatic heterocycles. The lowest BCUT2D eigenvalue weighted by Gasteiger charge is -2.29. The predicted octanol–water partition coefficient (Wildman–Crippen LogP) is 4.91. The Bertz CT molecular complexity index is 1040. The van der Waals surface area contributed by atoms with Crippen molar-refractivity contribution in [2.45, 2.75) is 24.4 Å². The van der Waals surface area contributed by atoms with Gasteiger partial charge in [0.1, 0.15) is 16.4 Å². The van der Waals surface area contributed by atoms with E-state index in [9.17, 15) is 31.1 Å². The Kier molecular flexibility index (Phi) is 7.46. The van der Waals surface area contributed by atoms with Crippen molar-refractivity contribution in [3.8, 4) is 0 Å². The van der Waals surface area contributed by atoms with Gasteiger partial charge in [-0.3, -0.25) is 4.79 Å². The second kappa shape index (κ2) is 9.65. The maximum Gasteiger partial charge on any atom is 0.435 e. The lowest BCUT2D eigenvalue weighted by atomic mass is 9.88. The summed E-state index contributed by atoms with van der Waals surface area (Å²) in [6.45, 7) is -1.46. The predicted molar refractivity (Wildman–Crippen MR) is 110 cm³/mol. The van der Waals surface area contributed by atoms with Crippen LogP contribution in [0.15, 0.2) is 28.7 Å². The van der Waals surface area contributed by atoms with Crippen molar-refractivity contribution in [2.75, 3.05) is 19.6 Å². The second-order valence-corrected chi connectivity index (χ2v) is 8.61. The second-order valence-electron chi connectivity index (χ2n) is 6.87. The largest absolute Gasteiger partial charge is 0.435 e. The number of benzene rings is 1. The first-order chi connectivity index (χ1) is 15.3. The molecule has 1 amide bonds. The van der Waals surface area contributed by atoms with Crippen molar-refractivity contribution in [3.63, 3.8) is 0 Å². The first-order valence-electron chi connectivity index (χ1n) is 9.11. The van der Waals surface area contributed by atoms with Crippen LogP contribution in [0.4, 0.5) is 26.3 Å². The Hall–Kier alpha value is -2.09. The number of hydrogen-bond acceptors (Lipinski definition) is 6. The maximum absolute atomic E-state index is 14.0. The smallest absolute Gasteiger partial charge is 0.374 e. The van der Waals surface area contributed by atoms with Crippen LogP contribution in [0.1, 0.15) is 27.5 Å². The first-order valence-corrected chi connectivity index (χ1v) is 10.7. The monoisotopic (exact) mass is 534 g/mol. The van der Waals surface area contributed by atoms with E-state index in [1.54, 1.807) is 0 Å². The average molecular weight is 535 g/mol. The normalized spacial score (nSPS) is 18.7. The fourth-order valence-electron chi connectivity index (χ4n) is 2.90. The fourth-order valence-corrected chi connectivity index (χ4v) is 4.21. The van der Waals surface area contributed by atoms with E-state index in [-0.39, 0.29) is 45.1 Å². The molecule has 15 heteroatoms. The number of amides is 1. The molecule has 2 N–H and O–H groups in total. The highest BCUT2D eigenvalue weighted by atomic mass is 35.5. The zero-order chi connectivity index (χ0) is 24.4. The quantitative estimate of drug-likeness (QED) is 0.390. The third-order valence-corrected chi connectivity index (χ3v) is 5.74. The van der Waals surface area contributed by atoms with Gasteiger partial charge in [0, 0.05) is 34.1 Å². The van der Waals surface area contributed by atoms with Crippen LogP contribution < -0.4 is 10.6 Å². The molecule has 2 heterocycles. The van der Waals surface area contributed by atoms with Crippen LogP contribution in [0.5, 0.6) is 0 Å². The number of aromatic nitrogens is 1. The van der Waals surface area contributed by atoms with Gasteiger partial charge < -0.3 is 15.5 Å². The van der Waals surface area contributed by atoms with Crippen LogP contribution in [0, 0.1) is 0 Å². The zero-order valence-corrected chi connectivity index (χ0v) is 18.6. The van der Waals surface area contributed by atoms with Gasteiger partial charge in [0.15, 0.2) is 0 Å². The molecular weight excluding hydrogens is 521 g/mol. The molecule has 0 radical (unpaired) electrons. The number of carbonyl (C=O) groups is 1. The van der Waals surface area contributed by atoms with Crippen molar-refractivity contribution in [3.05, 3.63) is 49.9 Å². The summed E-state index contributed by atoms with van der Waals surface area (Å²) in [5.74, 6) is -0.700. The van der Waals surface area contributed by atoms with E-state index < -0.39 is 36.8 Å². The summed E-state index contributed by atoms with van der Waals surface area (Å²) in [4.78, 5) is 21.0. The molecule has 33 heavy (non-hydrogen) atoms. The van der Waals surface area contributed by atoms with Gasteiger partial charge in [0.2, 0.25) is 0 Å². The Morgan fingerprint density at radius 1 is 1.12 bits per heavy atom. The average Bonchev–Trinajstić information content (AvgIpc) is 3.33. The summed E-state index contributed by atoms with van der Waals surface area (Å²) >= 11 is 12.6. The third-order valence-electron chi connectivity index (χ3n) is 4.41. The van der Waals surface area contributed by atoms with Gasteiger partial charge in [-0.1, -0.05) is 28.4 Å². The molecule has 0 aliphatic carbocycles. The van der Waals surface area contributed by atoms with Gasteiger partial charge in [-0.05, 0) is 18.2 Å². The molecule has 0 bridgehead atoms. The highest BCUT2D eigenvalue weighted by Gasteiger charge is 2.62. The van der Waals surface area contributed by atoms with Crippen LogP contribution in [0.25, 0.3) is 0 Å². The molecule has 180 valence electrons. The van der Waals surface area contributed by atoms with Gasteiger partial charge in [0.05, 0.1) is 13.0 Å². The van der Waals surface area contributed by atoms with Crippen molar-refractivity contribution >= 4 is 46.2 Å². The van der Waals surface area contributed by atoms with Crippen LogP contribution in [0.2, 0.25) is 10.0 Å². The fraction of sp³-hybridized carbons (Fsp3) is 0.389. The van der Waals surface area contributed by atoms with Gasteiger partial charge in [-0.25, -0.2) is 4.98 Å². The van der Waals surface area contributed by atoms with Gasteiger partial charge in [-0.2, -0.15) is 26.3 Å². The van der Waals surface area contributed by atoms with Crippen molar-refractivity contribution in [1.29, 1.82) is 0 Å². The van der Waals surface area contributed by atoms with Crippen LogP contribution in [-0.2, 0) is 10.4 Å². The molecule has 1 aliphatic rings. The number of nitrogens with zero attached hydrogens (tertiary/aromatic N) is 2. The molecule has 1 aromatic heterocycles. The number of alkyl halides is 6. The molecule has 2 aromatic rings. The minimum absolute atomic E-state index is 0.0175. The molecule has 1 atom stereocenters. The molecule has 0 spiro atoms. The van der Waals surface area contributed by atoms with E-state index in [0.717, 1.165) is 23.5 Å². The lowest BCUT2D eigenvalue weighted by molar-refractivity contribution is -0.275. The molecule has 1 aromatic carbocycles. The van der Waals surface area contributed by atoms with Gasteiger partial charge in [-0.15, -0.1) is 11.3 Å². The standard InChI is InChI=1S/C18H14Cl2F6N4O2S/c19-10-3-9(4-11(20)5-10)16(18(24,25)26)6-12(30-32-16)15-29-13(7-33-15)14(31)28-2-1-27-8-17(21,22)23/h3-5,7,27H,1-2,6,8H2,(H,28,31). The lowest BCUT2D eigenvalue weighted by Crippen LogP contribution is -2.42. The minimum atomic E-state index is -4.88. The Balaban J connectivity index is 1.69. The Morgan fingerprint density at radius 3 is 2.39 bits per heavy atom. The highest BCUT2D eigenvalue weighted by Crippen LogP contribution is 2.49. The number of rotatable bonds is 7. The maximum atomic E-state index is 14.0. The Labute approximate surface area is 196 Å². The molecular formula is C18H14Cl2F6N4O2S. The highest BCUT2D eigenvalue weighted by molar-refractivity contribution is 7.12. The molecule has 3 rings (SSSR count). The van der Waals surface area contributed by atoms with Crippen LogP contribution in [-0.4, -0.2) is 48.6 Å². The minimum Gasteiger partial charge on any atom is -0.374 e. The molecule has 0 fully saturated rings. The molecule has 6 nitrogen and oxygen atoms in total. The van der Waals surface area contributed by atoms with Crippen molar-refractivity contribution in [1.82, 2.24) is 15.6 Å². The van der Waals surface area contributed by atoms with Crippen LogP contribution >= 0.6 is 34.5 Å². The third kappa shape index (κ3) is 6.08.